The lowest BCUT2D eigenvalue weighted by atomic mass is 9.37. The molecule has 8 unspecified atom stereocenters. The lowest BCUT2D eigenvalue weighted by molar-refractivity contribution is -0.337. The van der Waals surface area contributed by atoms with E-state index in [1.54, 1.807) is 0 Å². The maximum atomic E-state index is 11.9. The van der Waals surface area contributed by atoms with Gasteiger partial charge in [-0.25, -0.2) is 0 Å². The smallest absolute Gasteiger partial charge is 0.118 e. The molecule has 160 valence electrons. The minimum atomic E-state index is -0.730. The van der Waals surface area contributed by atoms with Gasteiger partial charge < -0.3 is 14.9 Å². The van der Waals surface area contributed by atoms with Crippen LogP contribution >= 0.6 is 0 Å². The SMILES string of the molecule is CC1=C2C(C)C(C)[C@]3(C)C(C)CC4OC[C@@]4(O)C3C(C)C(C)(CC1O)C2(C)C. The van der Waals surface area contributed by atoms with Crippen LogP contribution in [0.5, 0.6) is 0 Å². The standard InChI is InChI=1S/C25H42O3/c1-13-10-19-25(27,12-28-19)21-17(5)23(8)11-18(26)15(3)20(22(23,6)7)14(2)16(4)24(13,21)9/h13-14,16-19,21,26-27H,10-12H2,1-9H3/t13?,14?,16?,17?,18?,19?,21?,23?,24-,25-/m0/s1. The van der Waals surface area contributed by atoms with Crippen LogP contribution in [0.15, 0.2) is 11.1 Å². The number of rotatable bonds is 0. The van der Waals surface area contributed by atoms with Gasteiger partial charge >= 0.3 is 0 Å². The maximum Gasteiger partial charge on any atom is 0.118 e. The van der Waals surface area contributed by atoms with Crippen molar-refractivity contribution >= 4 is 0 Å². The highest BCUT2D eigenvalue weighted by molar-refractivity contribution is 5.35. The summed E-state index contributed by atoms with van der Waals surface area (Å²) in [5.41, 5.74) is 1.89. The second-order valence-corrected chi connectivity index (χ2v) is 12.0. The van der Waals surface area contributed by atoms with E-state index in [0.29, 0.717) is 30.3 Å². The molecule has 1 saturated heterocycles. The molecule has 28 heavy (non-hydrogen) atoms. The van der Waals surface area contributed by atoms with E-state index in [0.717, 1.165) is 12.8 Å². The number of allylic oxidation sites excluding steroid dienone is 1. The first kappa shape index (κ1) is 20.9. The maximum absolute atomic E-state index is 11.9. The molecular formula is C25H42O3. The fourth-order valence-electron chi connectivity index (χ4n) is 8.69. The Bertz CT molecular complexity index is 711. The van der Waals surface area contributed by atoms with E-state index in [1.165, 1.54) is 11.1 Å². The fourth-order valence-corrected chi connectivity index (χ4v) is 8.69. The number of aliphatic hydroxyl groups is 2. The van der Waals surface area contributed by atoms with Gasteiger partial charge in [-0.3, -0.25) is 0 Å². The van der Waals surface area contributed by atoms with Crippen molar-refractivity contribution in [3.63, 3.8) is 0 Å². The highest BCUT2D eigenvalue weighted by Gasteiger charge is 2.71. The third kappa shape index (κ3) is 2.12. The van der Waals surface area contributed by atoms with E-state index in [-0.39, 0.29) is 34.4 Å². The first-order chi connectivity index (χ1) is 12.7. The second-order valence-electron chi connectivity index (χ2n) is 12.0. The Morgan fingerprint density at radius 2 is 1.61 bits per heavy atom. The molecule has 0 aromatic carbocycles. The molecule has 3 heteroatoms. The molecule has 0 radical (unpaired) electrons. The predicted molar refractivity (Wildman–Crippen MR) is 113 cm³/mol. The summed E-state index contributed by atoms with van der Waals surface area (Å²) in [5, 5.41) is 23.0. The van der Waals surface area contributed by atoms with E-state index in [1.807, 2.05) is 0 Å². The summed E-state index contributed by atoms with van der Waals surface area (Å²) < 4.78 is 5.90. The molecule has 0 spiro atoms. The van der Waals surface area contributed by atoms with Crippen molar-refractivity contribution < 1.29 is 14.9 Å². The van der Waals surface area contributed by atoms with E-state index in [4.69, 9.17) is 4.74 Å². The van der Waals surface area contributed by atoms with Crippen LogP contribution in [-0.4, -0.2) is 34.6 Å². The third-order valence-corrected chi connectivity index (χ3v) is 11.2. The molecule has 3 nitrogen and oxygen atoms in total. The molecule has 2 saturated carbocycles. The van der Waals surface area contributed by atoms with Crippen LogP contribution < -0.4 is 0 Å². The van der Waals surface area contributed by atoms with Crippen molar-refractivity contribution in [2.24, 2.45) is 45.8 Å². The van der Waals surface area contributed by atoms with Gasteiger partial charge in [-0.1, -0.05) is 61.0 Å². The minimum Gasteiger partial charge on any atom is -0.389 e. The van der Waals surface area contributed by atoms with Gasteiger partial charge in [0.1, 0.15) is 5.60 Å². The van der Waals surface area contributed by atoms with Crippen LogP contribution in [0.25, 0.3) is 0 Å². The Kier molecular flexibility index (Phi) is 4.37. The Labute approximate surface area is 171 Å². The van der Waals surface area contributed by atoms with E-state index in [2.05, 4.69) is 62.3 Å². The van der Waals surface area contributed by atoms with Gasteiger partial charge in [-0.15, -0.1) is 0 Å². The molecule has 1 heterocycles. The molecule has 4 aliphatic rings. The van der Waals surface area contributed by atoms with Gasteiger partial charge in [-0.05, 0) is 65.3 Å². The first-order valence-corrected chi connectivity index (χ1v) is 11.5. The summed E-state index contributed by atoms with van der Waals surface area (Å²) in [4.78, 5) is 0. The van der Waals surface area contributed by atoms with Crippen molar-refractivity contribution in [3.05, 3.63) is 11.1 Å². The fraction of sp³-hybridized carbons (Fsp3) is 0.920. The highest BCUT2D eigenvalue weighted by atomic mass is 16.6. The number of hydrogen-bond donors (Lipinski definition) is 2. The molecule has 0 amide bonds. The summed E-state index contributed by atoms with van der Waals surface area (Å²) in [5.74, 6) is 1.78. The molecular weight excluding hydrogens is 348 g/mol. The molecule has 3 aliphatic carbocycles. The average molecular weight is 391 g/mol. The number of hydrogen-bond acceptors (Lipinski definition) is 3. The predicted octanol–water partition coefficient (Wildman–Crippen LogP) is 4.81. The number of fused-ring (bicyclic) bond motifs is 5. The van der Waals surface area contributed by atoms with Crippen molar-refractivity contribution in [3.8, 4) is 0 Å². The van der Waals surface area contributed by atoms with Crippen LogP contribution in [0.4, 0.5) is 0 Å². The van der Waals surface area contributed by atoms with Gasteiger partial charge in [0.2, 0.25) is 0 Å². The van der Waals surface area contributed by atoms with Gasteiger partial charge in [0.25, 0.3) is 0 Å². The zero-order valence-corrected chi connectivity index (χ0v) is 19.5. The van der Waals surface area contributed by atoms with Crippen LogP contribution in [0, 0.1) is 45.8 Å². The van der Waals surface area contributed by atoms with Crippen LogP contribution in [-0.2, 0) is 4.74 Å². The molecule has 2 N–H and O–H groups in total. The number of ether oxygens (including phenoxy) is 1. The van der Waals surface area contributed by atoms with E-state index < -0.39 is 5.60 Å². The molecule has 1 aliphatic heterocycles. The van der Waals surface area contributed by atoms with Crippen LogP contribution in [0.3, 0.4) is 0 Å². The van der Waals surface area contributed by atoms with Crippen LogP contribution in [0.1, 0.15) is 75.2 Å². The largest absolute Gasteiger partial charge is 0.389 e. The van der Waals surface area contributed by atoms with Gasteiger partial charge in [-0.2, -0.15) is 0 Å². The second kappa shape index (κ2) is 5.86. The average Bonchev–Trinajstić information content (AvgIpc) is 2.60. The zero-order valence-electron chi connectivity index (χ0n) is 19.5. The zero-order chi connectivity index (χ0) is 21.0. The van der Waals surface area contributed by atoms with E-state index >= 15 is 0 Å². The van der Waals surface area contributed by atoms with Gasteiger partial charge in [0.05, 0.1) is 18.8 Å². The first-order valence-electron chi connectivity index (χ1n) is 11.5. The summed E-state index contributed by atoms with van der Waals surface area (Å²) in [6.45, 7) is 21.8. The van der Waals surface area contributed by atoms with Crippen molar-refractivity contribution in [1.29, 1.82) is 0 Å². The van der Waals surface area contributed by atoms with Gasteiger partial charge in [0, 0.05) is 5.92 Å². The van der Waals surface area contributed by atoms with Crippen molar-refractivity contribution in [1.82, 2.24) is 0 Å². The summed E-state index contributed by atoms with van der Waals surface area (Å²) in [6.07, 6.45) is 1.33. The van der Waals surface area contributed by atoms with Gasteiger partial charge in [0.15, 0.2) is 0 Å². The summed E-state index contributed by atoms with van der Waals surface area (Å²) >= 11 is 0. The minimum absolute atomic E-state index is 0.0120. The van der Waals surface area contributed by atoms with Crippen LogP contribution in [0.2, 0.25) is 0 Å². The molecule has 10 atom stereocenters. The van der Waals surface area contributed by atoms with Crippen molar-refractivity contribution in [2.75, 3.05) is 6.61 Å². The Morgan fingerprint density at radius 1 is 1.00 bits per heavy atom. The monoisotopic (exact) mass is 390 g/mol. The normalized spacial score (nSPS) is 58.2. The van der Waals surface area contributed by atoms with E-state index in [9.17, 15) is 10.2 Å². The summed E-state index contributed by atoms with van der Waals surface area (Å²) in [7, 11) is 0. The lowest BCUT2D eigenvalue weighted by Gasteiger charge is -2.71. The Balaban J connectivity index is 2.00. The molecule has 3 fully saturated rings. The number of aliphatic hydroxyl groups excluding tert-OH is 1. The third-order valence-electron chi connectivity index (χ3n) is 11.2. The molecule has 0 aromatic heterocycles. The Morgan fingerprint density at radius 3 is 2.14 bits per heavy atom. The molecule has 2 bridgehead atoms. The lowest BCUT2D eigenvalue weighted by Crippen LogP contribution is -2.75. The highest BCUT2D eigenvalue weighted by Crippen LogP contribution is 2.71. The molecule has 4 rings (SSSR count). The van der Waals surface area contributed by atoms with Crippen molar-refractivity contribution in [2.45, 2.75) is 93.0 Å². The quantitative estimate of drug-likeness (QED) is 0.583. The summed E-state index contributed by atoms with van der Waals surface area (Å²) in [6, 6.07) is 0. The molecule has 0 aromatic rings. The topological polar surface area (TPSA) is 49.7 Å². The Hall–Kier alpha value is -0.380.